The zero-order valence-corrected chi connectivity index (χ0v) is 18.1. The Balaban J connectivity index is 1.37. The minimum atomic E-state index is -0.582. The fraction of sp³-hybridized carbons (Fsp3) is 0.320. The highest BCUT2D eigenvalue weighted by Gasteiger charge is 2.43. The lowest BCUT2D eigenvalue weighted by Gasteiger charge is -2.26. The fourth-order valence-electron chi connectivity index (χ4n) is 4.54. The summed E-state index contributed by atoms with van der Waals surface area (Å²) in [5, 5.41) is 7.01. The van der Waals surface area contributed by atoms with Crippen molar-refractivity contribution in [1.29, 1.82) is 0 Å². The summed E-state index contributed by atoms with van der Waals surface area (Å²) in [6.45, 7) is 1.75. The van der Waals surface area contributed by atoms with Gasteiger partial charge in [0.15, 0.2) is 0 Å². The number of amides is 2. The Morgan fingerprint density at radius 3 is 2.48 bits per heavy atom. The number of hydrogen-bond acceptors (Lipinski definition) is 4. The average molecular weight is 448 g/mol. The second kappa shape index (κ2) is 9.05. The molecule has 2 atom stereocenters. The number of halogens is 1. The highest BCUT2D eigenvalue weighted by atomic mass is 19.1. The first kappa shape index (κ1) is 21.2. The van der Waals surface area contributed by atoms with E-state index < -0.39 is 6.04 Å². The van der Waals surface area contributed by atoms with Crippen LogP contribution in [-0.2, 0) is 4.79 Å². The number of rotatable bonds is 5. The van der Waals surface area contributed by atoms with Crippen LogP contribution in [-0.4, -0.2) is 63.6 Å². The van der Waals surface area contributed by atoms with Crippen LogP contribution in [0.15, 0.2) is 60.7 Å². The van der Waals surface area contributed by atoms with Crippen LogP contribution in [0.5, 0.6) is 5.75 Å². The number of ether oxygens (including phenoxy) is 1. The van der Waals surface area contributed by atoms with Crippen molar-refractivity contribution in [2.75, 3.05) is 19.6 Å². The monoisotopic (exact) mass is 448 g/mol. The third-order valence-electron chi connectivity index (χ3n) is 6.22. The van der Waals surface area contributed by atoms with E-state index in [4.69, 9.17) is 4.74 Å². The molecule has 170 valence electrons. The molecule has 0 bridgehead atoms. The first-order valence-electron chi connectivity index (χ1n) is 11.2. The highest BCUT2D eigenvalue weighted by molar-refractivity contribution is 5.97. The summed E-state index contributed by atoms with van der Waals surface area (Å²) >= 11 is 0. The molecule has 3 aromatic rings. The zero-order valence-electron chi connectivity index (χ0n) is 18.1. The van der Waals surface area contributed by atoms with Gasteiger partial charge in [-0.3, -0.25) is 14.7 Å². The molecule has 33 heavy (non-hydrogen) atoms. The molecule has 2 amide bonds. The van der Waals surface area contributed by atoms with Gasteiger partial charge in [0.1, 0.15) is 29.4 Å². The topological polar surface area (TPSA) is 78.5 Å². The molecule has 2 saturated heterocycles. The molecule has 1 aromatic heterocycles. The molecule has 0 unspecified atom stereocenters. The first-order chi connectivity index (χ1) is 16.1. The number of likely N-dealkylation sites (tertiary alicyclic amines) is 2. The Morgan fingerprint density at radius 1 is 1.03 bits per heavy atom. The van der Waals surface area contributed by atoms with Crippen LogP contribution in [0.1, 0.15) is 29.8 Å². The van der Waals surface area contributed by atoms with E-state index in [1.54, 1.807) is 23.1 Å². The molecule has 3 heterocycles. The summed E-state index contributed by atoms with van der Waals surface area (Å²) in [6, 6.07) is 16.4. The quantitative estimate of drug-likeness (QED) is 0.648. The number of nitrogens with zero attached hydrogens (tertiary/aromatic N) is 3. The Morgan fingerprint density at radius 2 is 1.76 bits per heavy atom. The molecule has 8 heteroatoms. The van der Waals surface area contributed by atoms with Crippen molar-refractivity contribution in [2.45, 2.75) is 31.4 Å². The van der Waals surface area contributed by atoms with E-state index in [2.05, 4.69) is 10.2 Å². The van der Waals surface area contributed by atoms with E-state index in [1.807, 2.05) is 35.2 Å². The molecule has 5 rings (SSSR count). The van der Waals surface area contributed by atoms with Crippen molar-refractivity contribution in [1.82, 2.24) is 20.0 Å². The van der Waals surface area contributed by atoms with Crippen molar-refractivity contribution in [2.24, 2.45) is 0 Å². The maximum Gasteiger partial charge on any atom is 0.272 e. The van der Waals surface area contributed by atoms with Crippen LogP contribution in [0, 0.1) is 5.82 Å². The lowest BCUT2D eigenvalue weighted by Crippen LogP contribution is -2.47. The van der Waals surface area contributed by atoms with Crippen LogP contribution in [0.4, 0.5) is 4.39 Å². The predicted molar refractivity (Wildman–Crippen MR) is 120 cm³/mol. The van der Waals surface area contributed by atoms with Gasteiger partial charge < -0.3 is 14.5 Å². The maximum atomic E-state index is 13.4. The summed E-state index contributed by atoms with van der Waals surface area (Å²) in [5.74, 6) is 0.0468. The lowest BCUT2D eigenvalue weighted by molar-refractivity contribution is -0.134. The van der Waals surface area contributed by atoms with Gasteiger partial charge in [0.25, 0.3) is 5.91 Å². The van der Waals surface area contributed by atoms with Gasteiger partial charge in [-0.2, -0.15) is 5.10 Å². The third-order valence-corrected chi connectivity index (χ3v) is 6.22. The molecule has 0 spiro atoms. The number of H-pyrrole nitrogens is 1. The Labute approximate surface area is 191 Å². The van der Waals surface area contributed by atoms with E-state index in [1.165, 1.54) is 12.1 Å². The lowest BCUT2D eigenvalue weighted by atomic mass is 10.1. The second-order valence-corrected chi connectivity index (χ2v) is 8.47. The highest BCUT2D eigenvalue weighted by Crippen LogP contribution is 2.28. The predicted octanol–water partition coefficient (Wildman–Crippen LogP) is 3.50. The Kier molecular flexibility index (Phi) is 5.81. The standard InChI is InChI=1S/C25H25FN4O3/c26-18-10-8-17(9-11-18)21-15-22(28-27-21)24(31)30-16-20(33-19-6-2-1-3-7-19)14-23(30)25(32)29-12-4-5-13-29/h1-3,6-11,15,20,23H,4-5,12-14,16H2,(H,27,28)/t20-,23-/m0/s1. The van der Waals surface area contributed by atoms with Crippen molar-refractivity contribution < 1.29 is 18.7 Å². The van der Waals surface area contributed by atoms with E-state index in [0.717, 1.165) is 25.9 Å². The first-order valence-corrected chi connectivity index (χ1v) is 11.2. The van der Waals surface area contributed by atoms with E-state index in [9.17, 15) is 14.0 Å². The van der Waals surface area contributed by atoms with Gasteiger partial charge >= 0.3 is 0 Å². The van der Waals surface area contributed by atoms with Crippen LogP contribution in [0.2, 0.25) is 0 Å². The number of aromatic nitrogens is 2. The van der Waals surface area contributed by atoms with Gasteiger partial charge in [0.05, 0.1) is 12.2 Å². The molecule has 2 fully saturated rings. The van der Waals surface area contributed by atoms with E-state index in [-0.39, 0.29) is 29.4 Å². The molecule has 7 nitrogen and oxygen atoms in total. The summed E-state index contributed by atoms with van der Waals surface area (Å²) in [6.07, 6.45) is 2.12. The summed E-state index contributed by atoms with van der Waals surface area (Å²) < 4.78 is 19.3. The minimum absolute atomic E-state index is 0.0294. The van der Waals surface area contributed by atoms with Crippen molar-refractivity contribution in [3.63, 3.8) is 0 Å². The number of para-hydroxylation sites is 1. The van der Waals surface area contributed by atoms with Crippen molar-refractivity contribution in [3.05, 3.63) is 72.2 Å². The van der Waals surface area contributed by atoms with E-state index in [0.29, 0.717) is 30.0 Å². The average Bonchev–Trinajstić information content (AvgIpc) is 3.60. The molecular weight excluding hydrogens is 423 g/mol. The fourth-order valence-corrected chi connectivity index (χ4v) is 4.54. The molecule has 2 aliphatic heterocycles. The molecular formula is C25H25FN4O3. The van der Waals surface area contributed by atoms with Gasteiger partial charge in [-0.05, 0) is 55.3 Å². The molecule has 1 N–H and O–H groups in total. The Hall–Kier alpha value is -3.68. The summed E-state index contributed by atoms with van der Waals surface area (Å²) in [5.41, 5.74) is 1.52. The van der Waals surface area contributed by atoms with Crippen LogP contribution < -0.4 is 4.74 Å². The largest absolute Gasteiger partial charge is 0.488 e. The SMILES string of the molecule is O=C([C@@H]1C[C@H](Oc2ccccc2)CN1C(=O)c1cc(-c2ccc(F)cc2)n[nH]1)N1CCCC1. The molecule has 0 saturated carbocycles. The van der Waals surface area contributed by atoms with Crippen LogP contribution >= 0.6 is 0 Å². The third kappa shape index (κ3) is 4.46. The normalized spacial score (nSPS) is 20.3. The van der Waals surface area contributed by atoms with Gasteiger partial charge in [-0.1, -0.05) is 18.2 Å². The number of aromatic amines is 1. The van der Waals surface area contributed by atoms with Crippen LogP contribution in [0.3, 0.4) is 0 Å². The summed E-state index contributed by atoms with van der Waals surface area (Å²) in [4.78, 5) is 30.1. The zero-order chi connectivity index (χ0) is 22.8. The van der Waals surface area contributed by atoms with Gasteiger partial charge in [0.2, 0.25) is 5.91 Å². The summed E-state index contributed by atoms with van der Waals surface area (Å²) in [7, 11) is 0. The van der Waals surface area contributed by atoms with Crippen molar-refractivity contribution >= 4 is 11.8 Å². The van der Waals surface area contributed by atoms with Gasteiger partial charge in [0, 0.05) is 25.1 Å². The van der Waals surface area contributed by atoms with E-state index >= 15 is 0 Å². The number of hydrogen-bond donors (Lipinski definition) is 1. The van der Waals surface area contributed by atoms with Gasteiger partial charge in [-0.25, -0.2) is 4.39 Å². The molecule has 2 aromatic carbocycles. The van der Waals surface area contributed by atoms with Crippen molar-refractivity contribution in [3.8, 4) is 17.0 Å². The number of carbonyl (C=O) groups is 2. The minimum Gasteiger partial charge on any atom is -0.488 e. The van der Waals surface area contributed by atoms with Gasteiger partial charge in [-0.15, -0.1) is 0 Å². The smallest absolute Gasteiger partial charge is 0.272 e. The second-order valence-electron chi connectivity index (χ2n) is 8.47. The molecule has 0 radical (unpaired) electrons. The number of benzene rings is 2. The molecule has 0 aliphatic carbocycles. The van der Waals surface area contributed by atoms with Crippen LogP contribution in [0.25, 0.3) is 11.3 Å². The maximum absolute atomic E-state index is 13.4. The number of carbonyl (C=O) groups excluding carboxylic acids is 2. The Bertz CT molecular complexity index is 1130. The number of nitrogens with one attached hydrogen (secondary N) is 1. The molecule has 2 aliphatic rings.